The first-order valence-corrected chi connectivity index (χ1v) is 16.9. The molecule has 0 spiro atoms. The summed E-state index contributed by atoms with van der Waals surface area (Å²) in [4.78, 5) is 15.6. The minimum Gasteiger partial charge on any atom is -0.487 e. The van der Waals surface area contributed by atoms with E-state index in [-0.39, 0.29) is 24.7 Å². The van der Waals surface area contributed by atoms with Crippen molar-refractivity contribution in [3.8, 4) is 5.75 Å². The zero-order valence-electron chi connectivity index (χ0n) is 24.1. The lowest BCUT2D eigenvalue weighted by Gasteiger charge is -2.43. The summed E-state index contributed by atoms with van der Waals surface area (Å²) in [5.41, 5.74) is 3.29. The quantitative estimate of drug-likeness (QED) is 0.453. The molecule has 1 fully saturated rings. The lowest BCUT2D eigenvalue weighted by atomic mass is 9.70. The molecule has 2 heterocycles. The number of sulfonamides is 1. The molecule has 3 aliphatic rings. The first-order chi connectivity index (χ1) is 20.3. The maximum Gasteiger partial charge on any atom is 0.264 e. The van der Waals surface area contributed by atoms with Gasteiger partial charge in [-0.15, -0.1) is 0 Å². The Bertz CT molecular complexity index is 1400. The lowest BCUT2D eigenvalue weighted by molar-refractivity contribution is 0.0134. The number of benzene rings is 2. The van der Waals surface area contributed by atoms with E-state index in [4.69, 9.17) is 21.1 Å². The SMILES string of the molecule is CO[C@H]1/C=C/CC[C@H](CCO)S(=O)(=O)NC(=O)c2ccc3c(c2)N(CCCCc2cc(Cl)ccc2CO3)C[C@@H]2CC[C@H]21. The normalized spacial score (nSPS) is 27.2. The highest BCUT2D eigenvalue weighted by molar-refractivity contribution is 7.90. The van der Waals surface area contributed by atoms with Crippen LogP contribution >= 0.6 is 11.6 Å². The number of nitrogens with zero attached hydrogens (tertiary/aromatic N) is 1. The first kappa shape index (κ1) is 30.9. The fourth-order valence-corrected chi connectivity index (χ4v) is 7.99. The number of carbonyl (C=O) groups excluding carboxylic acids is 1. The van der Waals surface area contributed by atoms with E-state index >= 15 is 0 Å². The molecule has 42 heavy (non-hydrogen) atoms. The van der Waals surface area contributed by atoms with Crippen LogP contribution < -0.4 is 14.4 Å². The molecule has 1 amide bonds. The highest BCUT2D eigenvalue weighted by Gasteiger charge is 2.38. The van der Waals surface area contributed by atoms with Crippen molar-refractivity contribution in [3.05, 3.63) is 70.3 Å². The van der Waals surface area contributed by atoms with E-state index in [1.807, 2.05) is 30.4 Å². The summed E-state index contributed by atoms with van der Waals surface area (Å²) in [6.07, 6.45) is 9.77. The van der Waals surface area contributed by atoms with Crippen molar-refractivity contribution in [3.63, 3.8) is 0 Å². The van der Waals surface area contributed by atoms with Crippen LogP contribution in [0.1, 0.15) is 66.4 Å². The number of aliphatic hydroxyl groups is 1. The number of ether oxygens (including phenoxy) is 2. The zero-order valence-corrected chi connectivity index (χ0v) is 25.7. The number of rotatable bonds is 3. The molecule has 0 unspecified atom stereocenters. The summed E-state index contributed by atoms with van der Waals surface area (Å²) in [5, 5.41) is 9.37. The zero-order chi connectivity index (χ0) is 29.7. The molecule has 2 aliphatic heterocycles. The smallest absolute Gasteiger partial charge is 0.264 e. The van der Waals surface area contributed by atoms with Crippen molar-refractivity contribution in [2.24, 2.45) is 11.8 Å². The third-order valence-corrected chi connectivity index (χ3v) is 11.0. The summed E-state index contributed by atoms with van der Waals surface area (Å²) >= 11 is 6.31. The lowest BCUT2D eigenvalue weighted by Crippen LogP contribution is -2.44. The Morgan fingerprint density at radius 3 is 2.74 bits per heavy atom. The Kier molecular flexibility index (Phi) is 10.1. The van der Waals surface area contributed by atoms with Crippen LogP contribution in [-0.2, 0) is 27.8 Å². The minimum absolute atomic E-state index is 0.0490. The van der Waals surface area contributed by atoms with Crippen molar-refractivity contribution >= 4 is 33.2 Å². The second kappa shape index (κ2) is 13.8. The number of fused-ring (bicyclic) bond motifs is 3. The number of hydrogen-bond acceptors (Lipinski definition) is 7. The molecule has 10 heteroatoms. The third-order valence-electron chi connectivity index (χ3n) is 8.97. The average molecular weight is 617 g/mol. The van der Waals surface area contributed by atoms with E-state index in [2.05, 4.69) is 9.62 Å². The van der Waals surface area contributed by atoms with Crippen LogP contribution in [0.4, 0.5) is 5.69 Å². The molecule has 2 aromatic carbocycles. The fraction of sp³-hybridized carbons (Fsp3) is 0.531. The first-order valence-electron chi connectivity index (χ1n) is 14.9. The molecule has 2 N–H and O–H groups in total. The topological polar surface area (TPSA) is 105 Å². The fourth-order valence-electron chi connectivity index (χ4n) is 6.40. The van der Waals surface area contributed by atoms with Crippen LogP contribution in [0.25, 0.3) is 0 Å². The minimum atomic E-state index is -4.02. The Morgan fingerprint density at radius 1 is 1.12 bits per heavy atom. The van der Waals surface area contributed by atoms with Crippen LogP contribution in [0.2, 0.25) is 5.02 Å². The number of hydrogen-bond donors (Lipinski definition) is 2. The van der Waals surface area contributed by atoms with Gasteiger partial charge >= 0.3 is 0 Å². The van der Waals surface area contributed by atoms with E-state index in [0.29, 0.717) is 42.1 Å². The van der Waals surface area contributed by atoms with E-state index in [9.17, 15) is 18.3 Å². The standard InChI is InChI=1S/C32H41ClN2O6S/c1-40-30-8-3-2-7-27(15-17-36)42(38,39)34-32(37)23-11-14-31-29(19-23)35(20-24-10-13-28(24)30)16-5-4-6-22-18-26(33)12-9-25(22)21-41-31/h3,8-9,11-12,14,18-19,24,27-28,30,36H,2,4-7,10,13,15-17,20-21H2,1H3,(H,34,37)/b8-3+/t24-,27+,28+,30-/m0/s1. The molecule has 2 bridgehead atoms. The second-order valence-corrected chi connectivity index (χ2v) is 14.0. The Hall–Kier alpha value is -2.59. The maximum atomic E-state index is 13.3. The van der Waals surface area contributed by atoms with Gasteiger partial charge in [-0.1, -0.05) is 29.8 Å². The van der Waals surface area contributed by atoms with Gasteiger partial charge in [0.1, 0.15) is 12.4 Å². The molecule has 8 nitrogen and oxygen atoms in total. The van der Waals surface area contributed by atoms with Crippen LogP contribution in [0.3, 0.4) is 0 Å². The second-order valence-electron chi connectivity index (χ2n) is 11.6. The molecule has 0 saturated heterocycles. The largest absolute Gasteiger partial charge is 0.487 e. The van der Waals surface area contributed by atoms with Gasteiger partial charge in [-0.2, -0.15) is 0 Å². The van der Waals surface area contributed by atoms with Crippen molar-refractivity contribution in [1.82, 2.24) is 4.72 Å². The molecule has 4 atom stereocenters. The molecular formula is C32H41ClN2O6S. The molecule has 1 saturated carbocycles. The van der Waals surface area contributed by atoms with Crippen molar-refractivity contribution < 1.29 is 27.8 Å². The van der Waals surface area contributed by atoms with Crippen LogP contribution in [0, 0.1) is 11.8 Å². The molecule has 0 aromatic heterocycles. The Balaban J connectivity index is 1.54. The van der Waals surface area contributed by atoms with Crippen molar-refractivity contribution in [2.45, 2.75) is 69.3 Å². The van der Waals surface area contributed by atoms with Crippen LogP contribution in [-0.4, -0.2) is 57.6 Å². The van der Waals surface area contributed by atoms with Gasteiger partial charge in [0.25, 0.3) is 5.91 Å². The summed E-state index contributed by atoms with van der Waals surface area (Å²) < 4.78 is 41.1. The van der Waals surface area contributed by atoms with Gasteiger partial charge in [-0.25, -0.2) is 13.1 Å². The molecule has 5 rings (SSSR count). The predicted molar refractivity (Wildman–Crippen MR) is 165 cm³/mol. The van der Waals surface area contributed by atoms with Crippen molar-refractivity contribution in [2.75, 3.05) is 31.7 Å². The molecule has 1 aliphatic carbocycles. The summed E-state index contributed by atoms with van der Waals surface area (Å²) in [6, 6.07) is 11.0. The summed E-state index contributed by atoms with van der Waals surface area (Å²) in [7, 11) is -2.29. The third kappa shape index (κ3) is 7.13. The highest BCUT2D eigenvalue weighted by atomic mass is 35.5. The monoisotopic (exact) mass is 616 g/mol. The van der Waals surface area contributed by atoms with Gasteiger partial charge in [0, 0.05) is 37.4 Å². The van der Waals surface area contributed by atoms with Crippen molar-refractivity contribution in [1.29, 1.82) is 0 Å². The van der Waals surface area contributed by atoms with E-state index < -0.39 is 21.2 Å². The number of methoxy groups -OCH3 is 1. The molecule has 0 radical (unpaired) electrons. The number of amides is 1. The van der Waals surface area contributed by atoms with Gasteiger partial charge in [-0.3, -0.25) is 4.79 Å². The number of aryl methyl sites for hydroxylation is 1. The van der Waals surface area contributed by atoms with E-state index in [1.54, 1.807) is 25.3 Å². The highest BCUT2D eigenvalue weighted by Crippen LogP contribution is 2.41. The number of carbonyl (C=O) groups is 1. The predicted octanol–water partition coefficient (Wildman–Crippen LogP) is 5.26. The average Bonchev–Trinajstić information content (AvgIpc) is 2.98. The van der Waals surface area contributed by atoms with Crippen LogP contribution in [0.5, 0.6) is 5.75 Å². The van der Waals surface area contributed by atoms with E-state index in [1.165, 1.54) is 5.56 Å². The van der Waals surface area contributed by atoms with Gasteiger partial charge < -0.3 is 19.5 Å². The molecule has 228 valence electrons. The van der Waals surface area contributed by atoms with Gasteiger partial charge in [-0.05, 0) is 105 Å². The number of allylic oxidation sites excluding steroid dienone is 1. The molecular weight excluding hydrogens is 576 g/mol. The number of anilines is 1. The number of halogens is 1. The van der Waals surface area contributed by atoms with Gasteiger partial charge in [0.15, 0.2) is 0 Å². The Morgan fingerprint density at radius 2 is 1.98 bits per heavy atom. The van der Waals surface area contributed by atoms with Gasteiger partial charge in [0.05, 0.1) is 17.0 Å². The maximum absolute atomic E-state index is 13.3. The molecule has 2 aromatic rings. The Labute approximate surface area is 254 Å². The van der Waals surface area contributed by atoms with E-state index in [0.717, 1.165) is 56.4 Å². The van der Waals surface area contributed by atoms with Gasteiger partial charge in [0.2, 0.25) is 10.0 Å². The summed E-state index contributed by atoms with van der Waals surface area (Å²) in [6.45, 7) is 1.63. The van der Waals surface area contributed by atoms with Crippen LogP contribution in [0.15, 0.2) is 48.6 Å². The summed E-state index contributed by atoms with van der Waals surface area (Å²) in [5.74, 6) is 0.715. The number of nitrogens with one attached hydrogen (secondary N) is 1. The number of aliphatic hydroxyl groups excluding tert-OH is 1.